The summed E-state index contributed by atoms with van der Waals surface area (Å²) in [5.74, 6) is 0.126. The third-order valence-electron chi connectivity index (χ3n) is 2.71. The molecule has 0 aliphatic heterocycles. The van der Waals surface area contributed by atoms with Crippen LogP contribution in [-0.2, 0) is 10.0 Å². The van der Waals surface area contributed by atoms with Crippen molar-refractivity contribution >= 4 is 21.5 Å². The zero-order valence-electron chi connectivity index (χ0n) is 11.4. The topological polar surface area (TPSA) is 80.3 Å². The van der Waals surface area contributed by atoms with Crippen molar-refractivity contribution in [1.82, 2.24) is 4.98 Å². The van der Waals surface area contributed by atoms with Crippen molar-refractivity contribution in [2.24, 2.45) is 0 Å². The molecule has 0 saturated heterocycles. The molecule has 0 aliphatic carbocycles. The van der Waals surface area contributed by atoms with Gasteiger partial charge in [-0.3, -0.25) is 4.72 Å². The Balaban J connectivity index is 2.32. The second kappa shape index (κ2) is 5.96. The lowest BCUT2D eigenvalue weighted by Crippen LogP contribution is -2.14. The molecule has 6 nitrogen and oxygen atoms in total. The van der Waals surface area contributed by atoms with E-state index in [0.29, 0.717) is 5.82 Å². The third kappa shape index (κ3) is 3.40. The van der Waals surface area contributed by atoms with Gasteiger partial charge in [0.1, 0.15) is 22.3 Å². The van der Waals surface area contributed by atoms with E-state index in [1.165, 1.54) is 31.5 Å². The Morgan fingerprint density at radius 1 is 1.24 bits per heavy atom. The van der Waals surface area contributed by atoms with Crippen LogP contribution < -0.4 is 14.8 Å². The van der Waals surface area contributed by atoms with E-state index in [1.54, 1.807) is 7.05 Å². The van der Waals surface area contributed by atoms with E-state index in [4.69, 9.17) is 4.74 Å². The standard InChI is InChI=1S/C13H14FN3O3S/c1-15-13-6-4-10(8-16-13)21(18,19)17-11-5-3-9(14)7-12(11)20-2/h3-8,17H,1-2H3,(H,15,16). The highest BCUT2D eigenvalue weighted by atomic mass is 32.2. The maximum absolute atomic E-state index is 13.1. The minimum absolute atomic E-state index is 0.00659. The molecule has 0 fully saturated rings. The number of benzene rings is 1. The Labute approximate surface area is 122 Å². The molecule has 8 heteroatoms. The largest absolute Gasteiger partial charge is 0.494 e. The fourth-order valence-corrected chi connectivity index (χ4v) is 2.65. The lowest BCUT2D eigenvalue weighted by atomic mass is 10.3. The number of anilines is 2. The first-order chi connectivity index (χ1) is 9.96. The molecule has 0 bridgehead atoms. The van der Waals surface area contributed by atoms with Gasteiger partial charge in [0.15, 0.2) is 0 Å². The summed E-state index contributed by atoms with van der Waals surface area (Å²) in [6.45, 7) is 0. The predicted molar refractivity (Wildman–Crippen MR) is 77.5 cm³/mol. The Kier molecular flexibility index (Phi) is 4.27. The fourth-order valence-electron chi connectivity index (χ4n) is 1.64. The van der Waals surface area contributed by atoms with Gasteiger partial charge in [0.25, 0.3) is 10.0 Å². The van der Waals surface area contributed by atoms with E-state index in [9.17, 15) is 12.8 Å². The first-order valence-corrected chi connectivity index (χ1v) is 7.45. The van der Waals surface area contributed by atoms with E-state index in [-0.39, 0.29) is 16.3 Å². The molecule has 112 valence electrons. The van der Waals surface area contributed by atoms with Crippen LogP contribution in [0.3, 0.4) is 0 Å². The maximum Gasteiger partial charge on any atom is 0.263 e. The summed E-state index contributed by atoms with van der Waals surface area (Å²) in [6.07, 6.45) is 1.23. The van der Waals surface area contributed by atoms with Gasteiger partial charge < -0.3 is 10.1 Å². The van der Waals surface area contributed by atoms with Gasteiger partial charge >= 0.3 is 0 Å². The smallest absolute Gasteiger partial charge is 0.263 e. The molecule has 0 atom stereocenters. The number of hydrogen-bond donors (Lipinski definition) is 2. The lowest BCUT2D eigenvalue weighted by Gasteiger charge is -2.12. The van der Waals surface area contributed by atoms with E-state index < -0.39 is 15.8 Å². The number of rotatable bonds is 5. The Morgan fingerprint density at radius 3 is 2.57 bits per heavy atom. The molecular weight excluding hydrogens is 297 g/mol. The van der Waals surface area contributed by atoms with Gasteiger partial charge in [-0.25, -0.2) is 17.8 Å². The van der Waals surface area contributed by atoms with Crippen molar-refractivity contribution in [3.8, 4) is 5.75 Å². The highest BCUT2D eigenvalue weighted by Gasteiger charge is 2.17. The number of methoxy groups -OCH3 is 1. The molecule has 2 aromatic rings. The molecule has 0 aliphatic rings. The summed E-state index contributed by atoms with van der Waals surface area (Å²) in [4.78, 5) is 3.93. The quantitative estimate of drug-likeness (QED) is 0.883. The average molecular weight is 311 g/mol. The molecule has 0 saturated carbocycles. The lowest BCUT2D eigenvalue weighted by molar-refractivity contribution is 0.413. The van der Waals surface area contributed by atoms with E-state index in [0.717, 1.165) is 12.1 Å². The molecule has 0 amide bonds. The van der Waals surface area contributed by atoms with Crippen LogP contribution in [0, 0.1) is 5.82 Å². The molecule has 2 N–H and O–H groups in total. The van der Waals surface area contributed by atoms with E-state index in [1.807, 2.05) is 0 Å². The van der Waals surface area contributed by atoms with Crippen LogP contribution >= 0.6 is 0 Å². The molecule has 2 rings (SSSR count). The summed E-state index contributed by atoms with van der Waals surface area (Å²) >= 11 is 0. The molecule has 0 radical (unpaired) electrons. The van der Waals surface area contributed by atoms with Crippen LogP contribution in [0.5, 0.6) is 5.75 Å². The monoisotopic (exact) mass is 311 g/mol. The number of pyridine rings is 1. The predicted octanol–water partition coefficient (Wildman–Crippen LogP) is 2.07. The molecule has 0 unspecified atom stereocenters. The van der Waals surface area contributed by atoms with Gasteiger partial charge in [-0.05, 0) is 24.3 Å². The number of ether oxygens (including phenoxy) is 1. The minimum atomic E-state index is -3.83. The minimum Gasteiger partial charge on any atom is -0.494 e. The second-order valence-corrected chi connectivity index (χ2v) is 5.76. The second-order valence-electron chi connectivity index (χ2n) is 4.08. The molecule has 1 aromatic heterocycles. The number of sulfonamides is 1. The number of aromatic nitrogens is 1. The Hall–Kier alpha value is -2.35. The van der Waals surface area contributed by atoms with Gasteiger partial charge in [0, 0.05) is 19.3 Å². The highest BCUT2D eigenvalue weighted by molar-refractivity contribution is 7.92. The summed E-state index contributed by atoms with van der Waals surface area (Å²) < 4.78 is 44.9. The molecular formula is C13H14FN3O3S. The molecule has 0 spiro atoms. The Bertz CT molecular complexity index is 733. The summed E-state index contributed by atoms with van der Waals surface area (Å²) in [5.41, 5.74) is 0.150. The first-order valence-electron chi connectivity index (χ1n) is 5.96. The van der Waals surface area contributed by atoms with Crippen molar-refractivity contribution in [1.29, 1.82) is 0 Å². The van der Waals surface area contributed by atoms with Crippen LogP contribution in [-0.4, -0.2) is 27.6 Å². The van der Waals surface area contributed by atoms with Crippen LogP contribution in [0.2, 0.25) is 0 Å². The van der Waals surface area contributed by atoms with Crippen molar-refractivity contribution in [2.75, 3.05) is 24.2 Å². The maximum atomic E-state index is 13.1. The van der Waals surface area contributed by atoms with Crippen molar-refractivity contribution in [3.05, 3.63) is 42.3 Å². The summed E-state index contributed by atoms with van der Waals surface area (Å²) in [5, 5.41) is 2.79. The van der Waals surface area contributed by atoms with Gasteiger partial charge in [-0.2, -0.15) is 0 Å². The van der Waals surface area contributed by atoms with Crippen LogP contribution in [0.4, 0.5) is 15.9 Å². The van der Waals surface area contributed by atoms with Crippen LogP contribution in [0.25, 0.3) is 0 Å². The zero-order chi connectivity index (χ0) is 15.5. The number of hydrogen-bond acceptors (Lipinski definition) is 5. The van der Waals surface area contributed by atoms with Gasteiger partial charge in [-0.1, -0.05) is 0 Å². The van der Waals surface area contributed by atoms with E-state index >= 15 is 0 Å². The normalized spacial score (nSPS) is 11.0. The third-order valence-corrected chi connectivity index (χ3v) is 4.06. The number of nitrogens with zero attached hydrogens (tertiary/aromatic N) is 1. The van der Waals surface area contributed by atoms with E-state index in [2.05, 4.69) is 15.0 Å². The number of halogens is 1. The molecule has 21 heavy (non-hydrogen) atoms. The van der Waals surface area contributed by atoms with Crippen LogP contribution in [0.1, 0.15) is 0 Å². The van der Waals surface area contributed by atoms with Gasteiger partial charge in [0.05, 0.1) is 12.8 Å². The highest BCUT2D eigenvalue weighted by Crippen LogP contribution is 2.27. The molecule has 1 heterocycles. The summed E-state index contributed by atoms with van der Waals surface area (Å²) in [7, 11) is -0.819. The number of nitrogens with one attached hydrogen (secondary N) is 2. The average Bonchev–Trinajstić information content (AvgIpc) is 2.49. The van der Waals surface area contributed by atoms with Gasteiger partial charge in [-0.15, -0.1) is 0 Å². The molecule has 1 aromatic carbocycles. The van der Waals surface area contributed by atoms with Crippen LogP contribution in [0.15, 0.2) is 41.4 Å². The first kappa shape index (κ1) is 15.0. The van der Waals surface area contributed by atoms with Crippen molar-refractivity contribution < 1.29 is 17.5 Å². The zero-order valence-corrected chi connectivity index (χ0v) is 12.2. The van der Waals surface area contributed by atoms with Crippen molar-refractivity contribution in [3.63, 3.8) is 0 Å². The Morgan fingerprint density at radius 2 is 2.00 bits per heavy atom. The SMILES string of the molecule is CNc1ccc(S(=O)(=O)Nc2ccc(F)cc2OC)cn1. The van der Waals surface area contributed by atoms with Gasteiger partial charge in [0.2, 0.25) is 0 Å². The van der Waals surface area contributed by atoms with Crippen molar-refractivity contribution in [2.45, 2.75) is 4.90 Å². The summed E-state index contributed by atoms with van der Waals surface area (Å²) in [6, 6.07) is 6.48. The fraction of sp³-hybridized carbons (Fsp3) is 0.154.